The highest BCUT2D eigenvalue weighted by molar-refractivity contribution is 5.85. The fraction of sp³-hybridized carbons (Fsp3) is 0.333. The lowest BCUT2D eigenvalue weighted by Crippen LogP contribution is -2.10. The SMILES string of the molecule is C=Cc1cc(OC)c(OC)c(OC)c1-c1ccc(C(C)(C)C)cc1. The van der Waals surface area contributed by atoms with Gasteiger partial charge in [-0.3, -0.25) is 0 Å². The third-order valence-corrected chi connectivity index (χ3v) is 4.12. The molecule has 0 aromatic heterocycles. The van der Waals surface area contributed by atoms with Crippen molar-refractivity contribution in [1.82, 2.24) is 0 Å². The van der Waals surface area contributed by atoms with E-state index < -0.39 is 0 Å². The zero-order chi connectivity index (χ0) is 17.9. The molecule has 3 heteroatoms. The highest BCUT2D eigenvalue weighted by Crippen LogP contribution is 2.47. The third kappa shape index (κ3) is 3.25. The second kappa shape index (κ2) is 7.00. The summed E-state index contributed by atoms with van der Waals surface area (Å²) in [6.45, 7) is 10.5. The molecule has 24 heavy (non-hydrogen) atoms. The van der Waals surface area contributed by atoms with Gasteiger partial charge in [0, 0.05) is 5.56 Å². The number of hydrogen-bond acceptors (Lipinski definition) is 3. The van der Waals surface area contributed by atoms with Gasteiger partial charge in [-0.2, -0.15) is 0 Å². The average molecular weight is 326 g/mol. The van der Waals surface area contributed by atoms with Gasteiger partial charge in [0.2, 0.25) is 5.75 Å². The van der Waals surface area contributed by atoms with E-state index in [4.69, 9.17) is 14.2 Å². The maximum absolute atomic E-state index is 5.65. The van der Waals surface area contributed by atoms with Gasteiger partial charge in [0.1, 0.15) is 0 Å². The number of hydrogen-bond donors (Lipinski definition) is 0. The fourth-order valence-corrected chi connectivity index (χ4v) is 2.77. The molecule has 0 amide bonds. The van der Waals surface area contributed by atoms with Crippen molar-refractivity contribution < 1.29 is 14.2 Å². The zero-order valence-corrected chi connectivity index (χ0v) is 15.4. The molecule has 0 heterocycles. The van der Waals surface area contributed by atoms with Crippen molar-refractivity contribution in [3.63, 3.8) is 0 Å². The van der Waals surface area contributed by atoms with Gasteiger partial charge in [-0.05, 0) is 28.2 Å². The Labute approximate surface area is 144 Å². The van der Waals surface area contributed by atoms with Gasteiger partial charge >= 0.3 is 0 Å². The Kier molecular flexibility index (Phi) is 5.23. The van der Waals surface area contributed by atoms with Crippen LogP contribution in [-0.2, 0) is 5.41 Å². The normalized spacial score (nSPS) is 11.1. The first-order valence-electron chi connectivity index (χ1n) is 7.93. The lowest BCUT2D eigenvalue weighted by atomic mass is 9.85. The van der Waals surface area contributed by atoms with E-state index in [1.807, 2.05) is 6.07 Å². The smallest absolute Gasteiger partial charge is 0.203 e. The molecular weight excluding hydrogens is 300 g/mol. The molecule has 0 spiro atoms. The second-order valence-electron chi connectivity index (χ2n) is 6.64. The van der Waals surface area contributed by atoms with Crippen molar-refractivity contribution in [1.29, 1.82) is 0 Å². The summed E-state index contributed by atoms with van der Waals surface area (Å²) < 4.78 is 16.6. The summed E-state index contributed by atoms with van der Waals surface area (Å²) in [7, 11) is 4.86. The number of methoxy groups -OCH3 is 3. The molecule has 0 saturated heterocycles. The van der Waals surface area contributed by atoms with Gasteiger partial charge in [0.15, 0.2) is 11.5 Å². The van der Waals surface area contributed by atoms with Crippen LogP contribution in [0.3, 0.4) is 0 Å². The Morgan fingerprint density at radius 2 is 1.46 bits per heavy atom. The molecule has 2 aromatic rings. The predicted molar refractivity (Wildman–Crippen MR) is 100 cm³/mol. The van der Waals surface area contributed by atoms with Crippen molar-refractivity contribution >= 4 is 6.08 Å². The van der Waals surface area contributed by atoms with Crippen LogP contribution < -0.4 is 14.2 Å². The first-order chi connectivity index (χ1) is 11.4. The molecule has 128 valence electrons. The summed E-state index contributed by atoms with van der Waals surface area (Å²) in [5.41, 5.74) is 4.33. The highest BCUT2D eigenvalue weighted by Gasteiger charge is 2.21. The van der Waals surface area contributed by atoms with E-state index in [0.29, 0.717) is 17.2 Å². The van der Waals surface area contributed by atoms with Crippen LogP contribution in [0.1, 0.15) is 31.9 Å². The lowest BCUT2D eigenvalue weighted by Gasteiger charge is -2.21. The quantitative estimate of drug-likeness (QED) is 0.744. The molecular formula is C21H26O3. The molecule has 0 fully saturated rings. The van der Waals surface area contributed by atoms with Gasteiger partial charge in [-0.25, -0.2) is 0 Å². The van der Waals surface area contributed by atoms with Crippen LogP contribution in [0, 0.1) is 0 Å². The monoisotopic (exact) mass is 326 g/mol. The summed E-state index contributed by atoms with van der Waals surface area (Å²) in [4.78, 5) is 0. The van der Waals surface area contributed by atoms with Gasteiger partial charge < -0.3 is 14.2 Å². The van der Waals surface area contributed by atoms with Crippen LogP contribution in [0.2, 0.25) is 0 Å². The predicted octanol–water partition coefficient (Wildman–Crippen LogP) is 5.32. The van der Waals surface area contributed by atoms with Gasteiger partial charge in [-0.1, -0.05) is 57.7 Å². The Morgan fingerprint density at radius 3 is 1.88 bits per heavy atom. The fourth-order valence-electron chi connectivity index (χ4n) is 2.77. The lowest BCUT2D eigenvalue weighted by molar-refractivity contribution is 0.325. The van der Waals surface area contributed by atoms with E-state index in [1.54, 1.807) is 27.4 Å². The molecule has 2 aromatic carbocycles. The minimum absolute atomic E-state index is 0.113. The maximum atomic E-state index is 5.65. The standard InChI is InChI=1S/C21H26O3/c1-8-14-13-17(22-5)19(23-6)20(24-7)18(14)15-9-11-16(12-10-15)21(2,3)4/h8-13H,1H2,2-7H3. The van der Waals surface area contributed by atoms with E-state index in [0.717, 1.165) is 16.7 Å². The number of ether oxygens (including phenoxy) is 3. The Bertz CT molecular complexity index is 722. The molecule has 0 aliphatic rings. The molecule has 0 aliphatic carbocycles. The Balaban J connectivity index is 2.70. The number of rotatable bonds is 5. The first kappa shape index (κ1) is 17.9. The number of benzene rings is 2. The molecule has 2 rings (SSSR count). The zero-order valence-electron chi connectivity index (χ0n) is 15.4. The van der Waals surface area contributed by atoms with E-state index in [-0.39, 0.29) is 5.41 Å². The van der Waals surface area contributed by atoms with Crippen molar-refractivity contribution in [3.05, 3.63) is 48.0 Å². The average Bonchev–Trinajstić information content (AvgIpc) is 2.58. The van der Waals surface area contributed by atoms with Crippen LogP contribution in [0.15, 0.2) is 36.9 Å². The van der Waals surface area contributed by atoms with Crippen LogP contribution in [0.4, 0.5) is 0 Å². The molecule has 0 saturated carbocycles. The summed E-state index contributed by atoms with van der Waals surface area (Å²) in [5.74, 6) is 1.86. The summed E-state index contributed by atoms with van der Waals surface area (Å²) in [5, 5.41) is 0. The molecule has 0 unspecified atom stereocenters. The van der Waals surface area contributed by atoms with Crippen molar-refractivity contribution in [2.45, 2.75) is 26.2 Å². The van der Waals surface area contributed by atoms with Gasteiger partial charge in [0.05, 0.1) is 21.3 Å². The van der Waals surface area contributed by atoms with Crippen LogP contribution in [0.25, 0.3) is 17.2 Å². The summed E-state index contributed by atoms with van der Waals surface area (Å²) >= 11 is 0. The van der Waals surface area contributed by atoms with E-state index >= 15 is 0 Å². The maximum Gasteiger partial charge on any atom is 0.203 e. The molecule has 3 nitrogen and oxygen atoms in total. The molecule has 0 aliphatic heterocycles. The minimum atomic E-state index is 0.113. The van der Waals surface area contributed by atoms with E-state index in [2.05, 4.69) is 51.6 Å². The topological polar surface area (TPSA) is 27.7 Å². The molecule has 0 bridgehead atoms. The highest BCUT2D eigenvalue weighted by atomic mass is 16.5. The third-order valence-electron chi connectivity index (χ3n) is 4.12. The molecule has 0 N–H and O–H groups in total. The van der Waals surface area contributed by atoms with Crippen LogP contribution in [0.5, 0.6) is 17.2 Å². The Morgan fingerprint density at radius 1 is 0.875 bits per heavy atom. The van der Waals surface area contributed by atoms with Crippen molar-refractivity contribution in [3.8, 4) is 28.4 Å². The van der Waals surface area contributed by atoms with Crippen molar-refractivity contribution in [2.75, 3.05) is 21.3 Å². The summed E-state index contributed by atoms with van der Waals surface area (Å²) in [6, 6.07) is 10.4. The van der Waals surface area contributed by atoms with Crippen LogP contribution >= 0.6 is 0 Å². The first-order valence-corrected chi connectivity index (χ1v) is 7.93. The van der Waals surface area contributed by atoms with Crippen LogP contribution in [-0.4, -0.2) is 21.3 Å². The van der Waals surface area contributed by atoms with E-state index in [1.165, 1.54) is 5.56 Å². The van der Waals surface area contributed by atoms with E-state index in [9.17, 15) is 0 Å². The largest absolute Gasteiger partial charge is 0.493 e. The second-order valence-corrected chi connectivity index (χ2v) is 6.64. The summed E-state index contributed by atoms with van der Waals surface area (Å²) in [6.07, 6.45) is 1.80. The van der Waals surface area contributed by atoms with Gasteiger partial charge in [0.25, 0.3) is 0 Å². The van der Waals surface area contributed by atoms with Gasteiger partial charge in [-0.15, -0.1) is 0 Å². The Hall–Kier alpha value is -2.42. The van der Waals surface area contributed by atoms with Crippen molar-refractivity contribution in [2.24, 2.45) is 0 Å². The minimum Gasteiger partial charge on any atom is -0.493 e. The molecule has 0 radical (unpaired) electrons. The molecule has 0 atom stereocenters.